The monoisotopic (exact) mass is 107 g/mol. The molecule has 0 spiro atoms. The molecule has 0 aromatic carbocycles. The van der Waals surface area contributed by atoms with Gasteiger partial charge in [-0.25, -0.2) is 0 Å². The normalized spacial score (nSPS) is 10.6. The molecule has 1 rings (SSSR count). The van der Waals surface area contributed by atoms with Crippen molar-refractivity contribution >= 4 is 6.08 Å². The minimum absolute atomic E-state index is 0.847. The molecule has 1 radical (unpaired) electrons. The maximum absolute atomic E-state index is 4.95. The SMILES string of the molecule is [CH2]/C=C/c1ccco1. The van der Waals surface area contributed by atoms with Gasteiger partial charge in [-0.05, 0) is 25.1 Å². The zero-order valence-corrected chi connectivity index (χ0v) is 4.50. The molecule has 1 aromatic rings. The van der Waals surface area contributed by atoms with E-state index in [0.29, 0.717) is 0 Å². The summed E-state index contributed by atoms with van der Waals surface area (Å²) in [6, 6.07) is 3.72. The summed E-state index contributed by atoms with van der Waals surface area (Å²) in [6.45, 7) is 3.52. The average molecular weight is 107 g/mol. The molecule has 0 bridgehead atoms. The van der Waals surface area contributed by atoms with Gasteiger partial charge in [0.15, 0.2) is 0 Å². The molecule has 0 saturated carbocycles. The first kappa shape index (κ1) is 5.16. The van der Waals surface area contributed by atoms with E-state index in [2.05, 4.69) is 6.92 Å². The fraction of sp³-hybridized carbons (Fsp3) is 0. The zero-order valence-electron chi connectivity index (χ0n) is 4.50. The summed E-state index contributed by atoms with van der Waals surface area (Å²) in [4.78, 5) is 0. The van der Waals surface area contributed by atoms with Crippen LogP contribution in [0.2, 0.25) is 0 Å². The Kier molecular flexibility index (Phi) is 1.52. The second kappa shape index (κ2) is 2.36. The molecule has 0 unspecified atom stereocenters. The molecule has 1 nitrogen and oxygen atoms in total. The van der Waals surface area contributed by atoms with E-state index in [0.717, 1.165) is 5.76 Å². The van der Waals surface area contributed by atoms with Crippen LogP contribution in [0, 0.1) is 6.92 Å². The van der Waals surface area contributed by atoms with Crippen LogP contribution in [-0.4, -0.2) is 0 Å². The summed E-state index contributed by atoms with van der Waals surface area (Å²) < 4.78 is 4.95. The summed E-state index contributed by atoms with van der Waals surface area (Å²) in [6.07, 6.45) is 5.13. The Hall–Kier alpha value is -0.980. The van der Waals surface area contributed by atoms with Crippen molar-refractivity contribution in [1.29, 1.82) is 0 Å². The Morgan fingerprint density at radius 2 is 2.50 bits per heavy atom. The van der Waals surface area contributed by atoms with Crippen molar-refractivity contribution < 1.29 is 4.42 Å². The van der Waals surface area contributed by atoms with E-state index < -0.39 is 0 Å². The Balaban J connectivity index is 2.77. The molecule has 41 valence electrons. The van der Waals surface area contributed by atoms with E-state index in [1.165, 1.54) is 0 Å². The third kappa shape index (κ3) is 0.997. The number of hydrogen-bond acceptors (Lipinski definition) is 1. The molecule has 1 heteroatoms. The molecule has 0 aliphatic heterocycles. The lowest BCUT2D eigenvalue weighted by Gasteiger charge is -1.76. The molecule has 0 amide bonds. The van der Waals surface area contributed by atoms with E-state index >= 15 is 0 Å². The first-order chi connectivity index (χ1) is 3.93. The van der Waals surface area contributed by atoms with Gasteiger partial charge in [-0.3, -0.25) is 0 Å². The largest absolute Gasteiger partial charge is 0.465 e. The Morgan fingerprint density at radius 3 is 3.00 bits per heavy atom. The van der Waals surface area contributed by atoms with Crippen LogP contribution in [0.25, 0.3) is 6.08 Å². The summed E-state index contributed by atoms with van der Waals surface area (Å²) in [5.41, 5.74) is 0. The number of hydrogen-bond donors (Lipinski definition) is 0. The lowest BCUT2D eigenvalue weighted by molar-refractivity contribution is 0.557. The van der Waals surface area contributed by atoms with Gasteiger partial charge in [0, 0.05) is 0 Å². The predicted molar refractivity (Wildman–Crippen MR) is 33.1 cm³/mol. The number of rotatable bonds is 1. The van der Waals surface area contributed by atoms with Crippen molar-refractivity contribution in [2.75, 3.05) is 0 Å². The van der Waals surface area contributed by atoms with Crippen LogP contribution in [0.15, 0.2) is 28.9 Å². The van der Waals surface area contributed by atoms with E-state index in [-0.39, 0.29) is 0 Å². The van der Waals surface area contributed by atoms with Crippen molar-refractivity contribution in [3.63, 3.8) is 0 Å². The highest BCUT2D eigenvalue weighted by Crippen LogP contribution is 2.00. The van der Waals surface area contributed by atoms with Crippen molar-refractivity contribution in [2.45, 2.75) is 0 Å². The predicted octanol–water partition coefficient (Wildman–Crippen LogP) is 2.13. The van der Waals surface area contributed by atoms with Gasteiger partial charge in [0.05, 0.1) is 6.26 Å². The minimum atomic E-state index is 0.847. The lowest BCUT2D eigenvalue weighted by atomic mass is 10.4. The molecular formula is C7H7O. The van der Waals surface area contributed by atoms with Gasteiger partial charge in [-0.15, -0.1) is 0 Å². The van der Waals surface area contributed by atoms with Crippen LogP contribution in [0.1, 0.15) is 5.76 Å². The molecule has 0 fully saturated rings. The zero-order chi connectivity index (χ0) is 5.82. The molecule has 1 heterocycles. The minimum Gasteiger partial charge on any atom is -0.465 e. The highest BCUT2D eigenvalue weighted by Gasteiger charge is 1.81. The standard InChI is InChI=1S/C7H7O/c1-2-4-7-5-3-6-8-7/h2-6H,1H2/b4-2+. The van der Waals surface area contributed by atoms with Gasteiger partial charge in [0.25, 0.3) is 0 Å². The molecule has 0 N–H and O–H groups in total. The van der Waals surface area contributed by atoms with Crippen LogP contribution in [0.4, 0.5) is 0 Å². The maximum Gasteiger partial charge on any atom is 0.126 e. The lowest BCUT2D eigenvalue weighted by Crippen LogP contribution is -1.54. The highest BCUT2D eigenvalue weighted by molar-refractivity contribution is 5.42. The third-order valence-corrected chi connectivity index (χ3v) is 0.825. The quantitative estimate of drug-likeness (QED) is 0.535. The van der Waals surface area contributed by atoms with E-state index in [4.69, 9.17) is 4.42 Å². The fourth-order valence-corrected chi connectivity index (χ4v) is 0.502. The van der Waals surface area contributed by atoms with Gasteiger partial charge in [0.1, 0.15) is 5.76 Å². The molecule has 0 aliphatic rings. The second-order valence-electron chi connectivity index (χ2n) is 1.42. The fourth-order valence-electron chi connectivity index (χ4n) is 0.502. The van der Waals surface area contributed by atoms with Crippen molar-refractivity contribution in [3.8, 4) is 0 Å². The molecule has 0 saturated heterocycles. The first-order valence-corrected chi connectivity index (χ1v) is 2.43. The van der Waals surface area contributed by atoms with Gasteiger partial charge in [-0.1, -0.05) is 6.08 Å². The van der Waals surface area contributed by atoms with Crippen LogP contribution in [0.5, 0.6) is 0 Å². The van der Waals surface area contributed by atoms with Crippen molar-refractivity contribution in [1.82, 2.24) is 0 Å². The topological polar surface area (TPSA) is 13.1 Å². The van der Waals surface area contributed by atoms with Crippen LogP contribution >= 0.6 is 0 Å². The van der Waals surface area contributed by atoms with Gasteiger partial charge in [0.2, 0.25) is 0 Å². The van der Waals surface area contributed by atoms with Gasteiger partial charge < -0.3 is 4.42 Å². The molecule has 0 atom stereocenters. The number of furan rings is 1. The first-order valence-electron chi connectivity index (χ1n) is 2.43. The Bertz CT molecular complexity index is 161. The molecule has 8 heavy (non-hydrogen) atoms. The summed E-state index contributed by atoms with van der Waals surface area (Å²) >= 11 is 0. The van der Waals surface area contributed by atoms with Crippen molar-refractivity contribution in [2.24, 2.45) is 0 Å². The van der Waals surface area contributed by atoms with E-state index in [1.807, 2.05) is 12.1 Å². The van der Waals surface area contributed by atoms with Crippen LogP contribution in [-0.2, 0) is 0 Å². The third-order valence-electron chi connectivity index (χ3n) is 0.825. The second-order valence-corrected chi connectivity index (χ2v) is 1.42. The summed E-state index contributed by atoms with van der Waals surface area (Å²) in [5, 5.41) is 0. The Morgan fingerprint density at radius 1 is 1.62 bits per heavy atom. The highest BCUT2D eigenvalue weighted by atomic mass is 16.3. The smallest absolute Gasteiger partial charge is 0.126 e. The van der Waals surface area contributed by atoms with Gasteiger partial charge in [-0.2, -0.15) is 0 Å². The van der Waals surface area contributed by atoms with Crippen LogP contribution in [0.3, 0.4) is 0 Å². The number of allylic oxidation sites excluding steroid dienone is 1. The van der Waals surface area contributed by atoms with E-state index in [9.17, 15) is 0 Å². The molecular weight excluding hydrogens is 100 g/mol. The molecule has 1 aromatic heterocycles. The summed E-state index contributed by atoms with van der Waals surface area (Å²) in [7, 11) is 0. The van der Waals surface area contributed by atoms with Crippen molar-refractivity contribution in [3.05, 3.63) is 37.2 Å². The van der Waals surface area contributed by atoms with Crippen LogP contribution < -0.4 is 0 Å². The average Bonchev–Trinajstić information content (AvgIpc) is 2.19. The molecule has 0 aliphatic carbocycles. The summed E-state index contributed by atoms with van der Waals surface area (Å²) in [5.74, 6) is 0.847. The maximum atomic E-state index is 4.95. The Labute approximate surface area is 48.6 Å². The van der Waals surface area contributed by atoms with Gasteiger partial charge >= 0.3 is 0 Å². The van der Waals surface area contributed by atoms with E-state index in [1.54, 1.807) is 18.4 Å².